The van der Waals surface area contributed by atoms with Gasteiger partial charge in [0.2, 0.25) is 10.0 Å². The number of alkyl halides is 3. The zero-order valence-electron chi connectivity index (χ0n) is 11.5. The largest absolute Gasteiger partial charge is 0.402 e. The minimum absolute atomic E-state index is 0.0888. The molecule has 0 heterocycles. The number of sulfonamides is 1. The number of nitrogens with zero attached hydrogens (tertiary/aromatic N) is 1. The molecule has 0 aliphatic carbocycles. The van der Waals surface area contributed by atoms with E-state index < -0.39 is 22.7 Å². The van der Waals surface area contributed by atoms with Crippen LogP contribution in [0.5, 0.6) is 0 Å². The first-order valence-electron chi connectivity index (χ1n) is 6.05. The first kappa shape index (κ1) is 18.2. The number of nitrogen functional groups attached to an aromatic ring is 1. The molecule has 4 nitrogen and oxygen atoms in total. The maximum atomic E-state index is 12.6. The molecule has 0 bridgehead atoms. The van der Waals surface area contributed by atoms with E-state index in [4.69, 9.17) is 5.73 Å². The monoisotopic (exact) mass is 388 g/mol. The van der Waals surface area contributed by atoms with Crippen molar-refractivity contribution in [2.24, 2.45) is 5.92 Å². The van der Waals surface area contributed by atoms with E-state index in [1.54, 1.807) is 13.8 Å². The third-order valence-corrected chi connectivity index (χ3v) is 4.88. The van der Waals surface area contributed by atoms with Gasteiger partial charge in [-0.05, 0) is 24.1 Å². The van der Waals surface area contributed by atoms with Gasteiger partial charge in [0.1, 0.15) is 11.4 Å². The van der Waals surface area contributed by atoms with E-state index in [1.807, 2.05) is 0 Å². The fourth-order valence-corrected chi connectivity index (χ4v) is 3.97. The molecule has 0 radical (unpaired) electrons. The SMILES string of the molecule is CC(C)CN(CC(F)(F)F)S(=O)(=O)c1cc(Br)ccc1N. The van der Waals surface area contributed by atoms with Crippen LogP contribution in [0, 0.1) is 5.92 Å². The Bertz CT molecular complexity index is 603. The molecule has 0 spiro atoms. The van der Waals surface area contributed by atoms with Crippen LogP contribution in [0.2, 0.25) is 0 Å². The van der Waals surface area contributed by atoms with E-state index in [-0.39, 0.29) is 23.0 Å². The summed E-state index contributed by atoms with van der Waals surface area (Å²) in [6.07, 6.45) is -4.62. The first-order chi connectivity index (χ1) is 9.43. The molecule has 0 unspecified atom stereocenters. The zero-order chi connectivity index (χ0) is 16.4. The zero-order valence-corrected chi connectivity index (χ0v) is 13.9. The van der Waals surface area contributed by atoms with Gasteiger partial charge in [-0.3, -0.25) is 0 Å². The molecule has 0 atom stereocenters. The third-order valence-electron chi connectivity index (χ3n) is 2.52. The maximum Gasteiger partial charge on any atom is 0.402 e. The van der Waals surface area contributed by atoms with Crippen LogP contribution in [0.15, 0.2) is 27.6 Å². The van der Waals surface area contributed by atoms with Crippen molar-refractivity contribution >= 4 is 31.6 Å². The van der Waals surface area contributed by atoms with Crippen molar-refractivity contribution in [2.45, 2.75) is 24.9 Å². The Hall–Kier alpha value is -0.800. The minimum Gasteiger partial charge on any atom is -0.398 e. The number of hydrogen-bond acceptors (Lipinski definition) is 3. The Labute approximate surface area is 130 Å². The molecule has 0 fully saturated rings. The molecule has 21 heavy (non-hydrogen) atoms. The molecular weight excluding hydrogens is 373 g/mol. The lowest BCUT2D eigenvalue weighted by atomic mass is 10.2. The number of rotatable bonds is 5. The van der Waals surface area contributed by atoms with Gasteiger partial charge in [-0.25, -0.2) is 8.42 Å². The Morgan fingerprint density at radius 2 is 1.90 bits per heavy atom. The average molecular weight is 389 g/mol. The van der Waals surface area contributed by atoms with Crippen molar-refractivity contribution in [3.63, 3.8) is 0 Å². The van der Waals surface area contributed by atoms with Gasteiger partial charge in [-0.1, -0.05) is 29.8 Å². The van der Waals surface area contributed by atoms with Crippen LogP contribution in [0.25, 0.3) is 0 Å². The van der Waals surface area contributed by atoms with Gasteiger partial charge < -0.3 is 5.73 Å². The summed E-state index contributed by atoms with van der Waals surface area (Å²) >= 11 is 3.09. The Balaban J connectivity index is 3.29. The molecule has 0 aromatic heterocycles. The second-order valence-corrected chi connectivity index (χ2v) is 7.81. The van der Waals surface area contributed by atoms with Gasteiger partial charge in [0, 0.05) is 11.0 Å². The van der Waals surface area contributed by atoms with E-state index in [0.29, 0.717) is 8.78 Å². The summed E-state index contributed by atoms with van der Waals surface area (Å²) in [5.41, 5.74) is 5.51. The predicted octanol–water partition coefficient (Wildman–Crippen LogP) is 3.24. The first-order valence-corrected chi connectivity index (χ1v) is 8.28. The number of hydrogen-bond donors (Lipinski definition) is 1. The Kier molecular flexibility index (Phi) is 5.68. The van der Waals surface area contributed by atoms with Crippen molar-refractivity contribution in [3.05, 3.63) is 22.7 Å². The third kappa shape index (κ3) is 5.15. The molecule has 9 heteroatoms. The van der Waals surface area contributed by atoms with Crippen LogP contribution in [-0.4, -0.2) is 32.0 Å². The van der Waals surface area contributed by atoms with Crippen molar-refractivity contribution in [1.29, 1.82) is 0 Å². The van der Waals surface area contributed by atoms with E-state index in [9.17, 15) is 21.6 Å². The molecule has 1 rings (SSSR count). The standard InChI is InChI=1S/C12H16BrF3N2O2S/c1-8(2)6-18(7-12(14,15)16)21(19,20)11-5-9(13)3-4-10(11)17/h3-5,8H,6-7,17H2,1-2H3. The predicted molar refractivity (Wildman–Crippen MR) is 78.2 cm³/mol. The van der Waals surface area contributed by atoms with Crippen LogP contribution in [-0.2, 0) is 10.0 Å². The highest BCUT2D eigenvalue weighted by Gasteiger charge is 2.38. The number of anilines is 1. The molecule has 120 valence electrons. The van der Waals surface area contributed by atoms with E-state index in [0.717, 1.165) is 0 Å². The number of benzene rings is 1. The van der Waals surface area contributed by atoms with E-state index in [2.05, 4.69) is 15.9 Å². The van der Waals surface area contributed by atoms with Gasteiger partial charge in [0.05, 0.1) is 5.69 Å². The smallest absolute Gasteiger partial charge is 0.398 e. The van der Waals surface area contributed by atoms with Crippen molar-refractivity contribution < 1.29 is 21.6 Å². The van der Waals surface area contributed by atoms with Gasteiger partial charge in [-0.2, -0.15) is 17.5 Å². The van der Waals surface area contributed by atoms with Crippen molar-refractivity contribution in [3.8, 4) is 0 Å². The number of nitrogens with two attached hydrogens (primary N) is 1. The molecule has 1 aromatic rings. The minimum atomic E-state index is -4.62. The highest BCUT2D eigenvalue weighted by atomic mass is 79.9. The summed E-state index contributed by atoms with van der Waals surface area (Å²) in [5.74, 6) is -0.254. The van der Waals surface area contributed by atoms with Crippen LogP contribution in [0.4, 0.5) is 18.9 Å². The molecule has 2 N–H and O–H groups in total. The second kappa shape index (κ2) is 6.53. The summed E-state index contributed by atoms with van der Waals surface area (Å²) in [6, 6.07) is 4.05. The van der Waals surface area contributed by atoms with E-state index in [1.165, 1.54) is 18.2 Å². The summed E-state index contributed by atoms with van der Waals surface area (Å²) < 4.78 is 63.6. The topological polar surface area (TPSA) is 63.4 Å². The van der Waals surface area contributed by atoms with Crippen molar-refractivity contribution in [2.75, 3.05) is 18.8 Å². The van der Waals surface area contributed by atoms with Crippen LogP contribution in [0.3, 0.4) is 0 Å². The highest BCUT2D eigenvalue weighted by Crippen LogP contribution is 2.29. The van der Waals surface area contributed by atoms with E-state index >= 15 is 0 Å². The molecule has 0 saturated carbocycles. The molecule has 0 amide bonds. The van der Waals surface area contributed by atoms with Gasteiger partial charge >= 0.3 is 6.18 Å². The number of halogens is 4. The summed E-state index contributed by atoms with van der Waals surface area (Å²) in [6.45, 7) is 1.50. The Morgan fingerprint density at radius 1 is 1.33 bits per heavy atom. The summed E-state index contributed by atoms with van der Waals surface area (Å²) in [7, 11) is -4.32. The van der Waals surface area contributed by atoms with Crippen LogP contribution >= 0.6 is 15.9 Å². The lowest BCUT2D eigenvalue weighted by molar-refractivity contribution is -0.136. The average Bonchev–Trinajstić information content (AvgIpc) is 2.29. The molecule has 1 aromatic carbocycles. The second-order valence-electron chi connectivity index (χ2n) is 4.99. The van der Waals surface area contributed by atoms with Gasteiger partial charge in [0.15, 0.2) is 0 Å². The highest BCUT2D eigenvalue weighted by molar-refractivity contribution is 9.10. The van der Waals surface area contributed by atoms with Gasteiger partial charge in [0.25, 0.3) is 0 Å². The quantitative estimate of drug-likeness (QED) is 0.787. The molecule has 0 aliphatic heterocycles. The van der Waals surface area contributed by atoms with Crippen LogP contribution < -0.4 is 5.73 Å². The van der Waals surface area contributed by atoms with Crippen LogP contribution in [0.1, 0.15) is 13.8 Å². The fraction of sp³-hybridized carbons (Fsp3) is 0.500. The molecular formula is C12H16BrF3N2O2S. The fourth-order valence-electron chi connectivity index (χ4n) is 1.73. The summed E-state index contributed by atoms with van der Waals surface area (Å²) in [4.78, 5) is -0.332. The lowest BCUT2D eigenvalue weighted by Crippen LogP contribution is -2.41. The van der Waals surface area contributed by atoms with Gasteiger partial charge in [-0.15, -0.1) is 0 Å². The summed E-state index contributed by atoms with van der Waals surface area (Å²) in [5, 5.41) is 0. The molecule has 0 aliphatic rings. The molecule has 0 saturated heterocycles. The lowest BCUT2D eigenvalue weighted by Gasteiger charge is -2.25. The van der Waals surface area contributed by atoms with Crippen molar-refractivity contribution in [1.82, 2.24) is 4.31 Å². The Morgan fingerprint density at radius 3 is 2.38 bits per heavy atom. The normalized spacial score (nSPS) is 13.1. The maximum absolute atomic E-state index is 12.6.